The van der Waals surface area contributed by atoms with E-state index in [0.717, 1.165) is 5.56 Å². The van der Waals surface area contributed by atoms with Crippen molar-refractivity contribution in [3.8, 4) is 0 Å². The highest BCUT2D eigenvalue weighted by atomic mass is 32.2. The maximum absolute atomic E-state index is 10.9. The predicted octanol–water partition coefficient (Wildman–Crippen LogP) is 3.46. The molecule has 2 aromatic rings. The van der Waals surface area contributed by atoms with Crippen molar-refractivity contribution in [2.75, 3.05) is 0 Å². The summed E-state index contributed by atoms with van der Waals surface area (Å²) in [6, 6.07) is 10.7. The Kier molecular flexibility index (Phi) is 6.83. The van der Waals surface area contributed by atoms with Gasteiger partial charge in [0, 0.05) is 0 Å². The second-order valence-corrected chi connectivity index (χ2v) is 7.70. The Morgan fingerprint density at radius 3 is 1.76 bits per heavy atom. The van der Waals surface area contributed by atoms with Gasteiger partial charge in [0.1, 0.15) is 4.90 Å². The van der Waals surface area contributed by atoms with E-state index < -0.39 is 20.2 Å². The average molecular weight is 382 g/mol. The van der Waals surface area contributed by atoms with Gasteiger partial charge in [0.25, 0.3) is 20.2 Å². The highest BCUT2D eigenvalue weighted by Crippen LogP contribution is 2.20. The molecule has 0 amide bonds. The van der Waals surface area contributed by atoms with Gasteiger partial charge in [-0.05, 0) is 35.7 Å². The molecule has 25 heavy (non-hydrogen) atoms. The second kappa shape index (κ2) is 8.21. The molecular weight excluding hydrogens is 364 g/mol. The van der Waals surface area contributed by atoms with Gasteiger partial charge in [-0.25, -0.2) is 0 Å². The lowest BCUT2D eigenvalue weighted by molar-refractivity contribution is 0.480. The van der Waals surface area contributed by atoms with Crippen LogP contribution < -0.4 is 0 Å². The summed E-state index contributed by atoms with van der Waals surface area (Å²) in [5.74, 6) is 0. The first-order valence-electron chi connectivity index (χ1n) is 6.90. The molecule has 0 saturated carbocycles. The Morgan fingerprint density at radius 2 is 1.40 bits per heavy atom. The van der Waals surface area contributed by atoms with Crippen molar-refractivity contribution in [2.24, 2.45) is 0 Å². The molecule has 0 saturated heterocycles. The van der Waals surface area contributed by atoms with E-state index in [9.17, 15) is 16.8 Å². The molecule has 6 nitrogen and oxygen atoms in total. The quantitative estimate of drug-likeness (QED) is 0.784. The van der Waals surface area contributed by atoms with Gasteiger partial charge in [-0.1, -0.05) is 55.6 Å². The van der Waals surface area contributed by atoms with Crippen LogP contribution in [0.25, 0.3) is 12.2 Å². The maximum atomic E-state index is 10.9. The molecule has 0 aliphatic carbocycles. The smallest absolute Gasteiger partial charge is 0.282 e. The van der Waals surface area contributed by atoms with Gasteiger partial charge in [-0.3, -0.25) is 9.11 Å². The van der Waals surface area contributed by atoms with Crippen molar-refractivity contribution in [3.05, 3.63) is 72.3 Å². The lowest BCUT2D eigenvalue weighted by atomic mass is 10.1. The van der Waals surface area contributed by atoms with Gasteiger partial charge in [0.05, 0.1) is 4.90 Å². The first kappa shape index (κ1) is 20.8. The van der Waals surface area contributed by atoms with Crippen molar-refractivity contribution in [2.45, 2.75) is 16.7 Å². The summed E-state index contributed by atoms with van der Waals surface area (Å²) in [6.45, 7) is 8.60. The van der Waals surface area contributed by atoms with Gasteiger partial charge < -0.3 is 0 Å². The van der Waals surface area contributed by atoms with E-state index in [-0.39, 0.29) is 9.79 Å². The van der Waals surface area contributed by atoms with Crippen LogP contribution >= 0.6 is 0 Å². The van der Waals surface area contributed by atoms with Crippen molar-refractivity contribution < 1.29 is 25.9 Å². The molecule has 0 fully saturated rings. The van der Waals surface area contributed by atoms with E-state index in [1.165, 1.54) is 18.2 Å². The molecule has 0 heterocycles. The van der Waals surface area contributed by atoms with E-state index >= 15 is 0 Å². The lowest BCUT2D eigenvalue weighted by Crippen LogP contribution is -2.03. The second-order valence-electron chi connectivity index (χ2n) is 4.92. The highest BCUT2D eigenvalue weighted by Gasteiger charge is 2.15. The van der Waals surface area contributed by atoms with Gasteiger partial charge in [-0.2, -0.15) is 16.8 Å². The van der Waals surface area contributed by atoms with Crippen LogP contribution in [0, 0.1) is 6.92 Å². The van der Waals surface area contributed by atoms with Crippen LogP contribution in [-0.4, -0.2) is 25.9 Å². The molecule has 0 bridgehead atoms. The van der Waals surface area contributed by atoms with E-state index in [1.807, 2.05) is 0 Å². The maximum Gasteiger partial charge on any atom is 0.295 e. The molecule has 0 spiro atoms. The Balaban J connectivity index is 0.000000251. The first-order valence-corrected chi connectivity index (χ1v) is 9.78. The fourth-order valence-electron chi connectivity index (χ4n) is 1.96. The molecule has 0 aromatic heterocycles. The molecule has 2 aromatic carbocycles. The largest absolute Gasteiger partial charge is 0.295 e. The summed E-state index contributed by atoms with van der Waals surface area (Å²) in [7, 11) is -8.21. The summed E-state index contributed by atoms with van der Waals surface area (Å²) in [5.41, 5.74) is 1.74. The van der Waals surface area contributed by atoms with Crippen LogP contribution in [0.15, 0.2) is 65.4 Å². The zero-order valence-electron chi connectivity index (χ0n) is 13.5. The number of benzene rings is 2. The SMILES string of the molecule is C=Cc1ccc(S(=O)(=O)O)cc1.C=Cc1cccc(C)c1S(=O)(=O)O. The zero-order valence-corrected chi connectivity index (χ0v) is 15.1. The highest BCUT2D eigenvalue weighted by molar-refractivity contribution is 7.86. The van der Waals surface area contributed by atoms with Crippen LogP contribution in [-0.2, 0) is 20.2 Å². The molecule has 2 rings (SSSR count). The number of hydrogen-bond donors (Lipinski definition) is 2. The van der Waals surface area contributed by atoms with Gasteiger partial charge in [0.15, 0.2) is 0 Å². The standard InChI is InChI=1S/C9H10O3S.C8H8O3S/c1-3-8-6-4-5-7(2)9(8)13(10,11)12;1-2-7-3-5-8(6-4-7)12(9,10)11/h3-6H,1H2,2H3,(H,10,11,12);2-6H,1H2,(H,9,10,11). The third-order valence-corrected chi connectivity index (χ3v) is 5.08. The van der Waals surface area contributed by atoms with Crippen LogP contribution in [0.2, 0.25) is 0 Å². The van der Waals surface area contributed by atoms with Gasteiger partial charge >= 0.3 is 0 Å². The minimum Gasteiger partial charge on any atom is -0.282 e. The Hall–Kier alpha value is -2.26. The number of aryl methyl sites for hydroxylation is 1. The Bertz CT molecular complexity index is 972. The fraction of sp³-hybridized carbons (Fsp3) is 0.0588. The Labute approximate surface area is 147 Å². The first-order chi connectivity index (χ1) is 11.5. The minimum atomic E-state index is -4.15. The van der Waals surface area contributed by atoms with E-state index in [4.69, 9.17) is 9.11 Å². The number of rotatable bonds is 4. The van der Waals surface area contributed by atoms with E-state index in [0.29, 0.717) is 11.1 Å². The molecule has 134 valence electrons. The summed E-state index contributed by atoms with van der Waals surface area (Å²) >= 11 is 0. The molecule has 0 aliphatic rings. The van der Waals surface area contributed by atoms with Crippen LogP contribution in [0.3, 0.4) is 0 Å². The molecule has 0 aliphatic heterocycles. The summed E-state index contributed by atoms with van der Waals surface area (Å²) in [5, 5.41) is 0. The summed E-state index contributed by atoms with van der Waals surface area (Å²) < 4.78 is 60.5. The Morgan fingerprint density at radius 1 is 0.840 bits per heavy atom. The van der Waals surface area contributed by atoms with Crippen LogP contribution in [0.5, 0.6) is 0 Å². The van der Waals surface area contributed by atoms with Crippen molar-refractivity contribution in [3.63, 3.8) is 0 Å². The molecule has 0 atom stereocenters. The zero-order chi connectivity index (χ0) is 19.3. The van der Waals surface area contributed by atoms with Crippen molar-refractivity contribution in [1.29, 1.82) is 0 Å². The monoisotopic (exact) mass is 382 g/mol. The molecular formula is C17H18O6S2. The summed E-state index contributed by atoms with van der Waals surface area (Å²) in [6.07, 6.45) is 2.99. The third kappa shape index (κ3) is 5.95. The van der Waals surface area contributed by atoms with Crippen molar-refractivity contribution >= 4 is 32.4 Å². The topological polar surface area (TPSA) is 109 Å². The molecule has 0 unspecified atom stereocenters. The lowest BCUT2D eigenvalue weighted by Gasteiger charge is -2.05. The molecule has 0 radical (unpaired) electrons. The predicted molar refractivity (Wildman–Crippen MR) is 97.4 cm³/mol. The van der Waals surface area contributed by atoms with Gasteiger partial charge in [-0.15, -0.1) is 0 Å². The normalized spacial score (nSPS) is 11.2. The van der Waals surface area contributed by atoms with Gasteiger partial charge in [0.2, 0.25) is 0 Å². The number of hydrogen-bond acceptors (Lipinski definition) is 4. The van der Waals surface area contributed by atoms with Crippen LogP contribution in [0.4, 0.5) is 0 Å². The average Bonchev–Trinajstić information content (AvgIpc) is 2.53. The van der Waals surface area contributed by atoms with Crippen LogP contribution in [0.1, 0.15) is 16.7 Å². The van der Waals surface area contributed by atoms with E-state index in [2.05, 4.69) is 13.2 Å². The molecule has 2 N–H and O–H groups in total. The van der Waals surface area contributed by atoms with Crippen molar-refractivity contribution in [1.82, 2.24) is 0 Å². The summed E-state index contributed by atoms with van der Waals surface area (Å²) in [4.78, 5) is -0.168. The molecule has 8 heteroatoms. The van der Waals surface area contributed by atoms with E-state index in [1.54, 1.807) is 43.3 Å². The minimum absolute atomic E-state index is 0.0648. The third-order valence-electron chi connectivity index (χ3n) is 3.13. The fourth-order valence-corrected chi connectivity index (χ4v) is 3.37.